The monoisotopic (exact) mass is 162 g/mol. The van der Waals surface area contributed by atoms with Crippen molar-refractivity contribution in [3.8, 4) is 0 Å². The minimum atomic E-state index is -1.56. The molecule has 11 heavy (non-hydrogen) atoms. The van der Waals surface area contributed by atoms with Crippen molar-refractivity contribution >= 4 is 5.78 Å². The molecule has 0 spiro atoms. The molecule has 1 rings (SSSR count). The molecule has 4 atom stereocenters. The molecule has 0 aromatic carbocycles. The lowest BCUT2D eigenvalue weighted by atomic mass is 9.89. The molecular formula is C6H10O5. The summed E-state index contributed by atoms with van der Waals surface area (Å²) in [6.07, 6.45) is -6.12. The van der Waals surface area contributed by atoms with Crippen molar-refractivity contribution in [2.45, 2.75) is 30.8 Å². The standard InChI is InChI=1S/C6H10O5/c7-2-1-3(8)5(10)6(11)4(2)9/h2,4-7,9-11H,1H2/t2-,4+,5-,6-/m1/s1. The average Bonchev–Trinajstić information content (AvgIpc) is 1.97. The van der Waals surface area contributed by atoms with Gasteiger partial charge in [0.1, 0.15) is 18.3 Å². The van der Waals surface area contributed by atoms with Crippen molar-refractivity contribution in [2.24, 2.45) is 0 Å². The first kappa shape index (κ1) is 8.61. The Balaban J connectivity index is 2.70. The Morgan fingerprint density at radius 1 is 1.09 bits per heavy atom. The van der Waals surface area contributed by atoms with Crippen LogP contribution < -0.4 is 0 Å². The lowest BCUT2D eigenvalue weighted by Gasteiger charge is -2.30. The summed E-state index contributed by atoms with van der Waals surface area (Å²) < 4.78 is 0. The van der Waals surface area contributed by atoms with E-state index in [9.17, 15) is 4.79 Å². The largest absolute Gasteiger partial charge is 0.390 e. The smallest absolute Gasteiger partial charge is 0.166 e. The molecule has 0 aliphatic heterocycles. The highest BCUT2D eigenvalue weighted by molar-refractivity contribution is 5.85. The Labute approximate surface area is 62.9 Å². The number of aliphatic hydroxyl groups is 4. The maximum atomic E-state index is 10.7. The zero-order valence-corrected chi connectivity index (χ0v) is 5.71. The first-order chi connectivity index (χ1) is 5.04. The third-order valence-corrected chi connectivity index (χ3v) is 1.81. The molecule has 0 unspecified atom stereocenters. The number of hydrogen-bond acceptors (Lipinski definition) is 5. The summed E-state index contributed by atoms with van der Waals surface area (Å²) in [6.45, 7) is 0. The number of hydrogen-bond donors (Lipinski definition) is 4. The number of rotatable bonds is 0. The average molecular weight is 162 g/mol. The molecule has 1 fully saturated rings. The summed E-state index contributed by atoms with van der Waals surface area (Å²) in [5.41, 5.74) is 0. The summed E-state index contributed by atoms with van der Waals surface area (Å²) in [5.74, 6) is -0.643. The van der Waals surface area contributed by atoms with Crippen LogP contribution in [0.1, 0.15) is 6.42 Å². The topological polar surface area (TPSA) is 98.0 Å². The van der Waals surface area contributed by atoms with Crippen LogP contribution in [-0.2, 0) is 4.79 Å². The molecule has 0 amide bonds. The number of aliphatic hydroxyl groups excluding tert-OH is 4. The van der Waals surface area contributed by atoms with Crippen LogP contribution in [0.3, 0.4) is 0 Å². The molecule has 5 heteroatoms. The lowest BCUT2D eigenvalue weighted by Crippen LogP contribution is -2.53. The van der Waals surface area contributed by atoms with E-state index in [0.717, 1.165) is 0 Å². The van der Waals surface area contributed by atoms with Gasteiger partial charge in [-0.3, -0.25) is 4.79 Å². The Morgan fingerprint density at radius 3 is 2.18 bits per heavy atom. The van der Waals surface area contributed by atoms with Gasteiger partial charge in [0.25, 0.3) is 0 Å². The first-order valence-electron chi connectivity index (χ1n) is 3.29. The van der Waals surface area contributed by atoms with Gasteiger partial charge in [-0.15, -0.1) is 0 Å². The Hall–Kier alpha value is -0.490. The van der Waals surface area contributed by atoms with Crippen molar-refractivity contribution in [3.05, 3.63) is 0 Å². The van der Waals surface area contributed by atoms with Crippen LogP contribution in [0.15, 0.2) is 0 Å². The van der Waals surface area contributed by atoms with E-state index in [1.165, 1.54) is 0 Å². The van der Waals surface area contributed by atoms with E-state index in [2.05, 4.69) is 0 Å². The molecule has 64 valence electrons. The number of ketones is 1. The SMILES string of the molecule is O=C1C[C@@H](O)[C@H](O)[C@@H](O)[C@@H]1O. The number of carbonyl (C=O) groups is 1. The van der Waals surface area contributed by atoms with Gasteiger partial charge in [0, 0.05) is 6.42 Å². The molecule has 1 aliphatic carbocycles. The summed E-state index contributed by atoms with van der Waals surface area (Å²) in [5, 5.41) is 35.6. The third-order valence-electron chi connectivity index (χ3n) is 1.81. The van der Waals surface area contributed by atoms with E-state index >= 15 is 0 Å². The van der Waals surface area contributed by atoms with Gasteiger partial charge in [-0.2, -0.15) is 0 Å². The van der Waals surface area contributed by atoms with Crippen LogP contribution in [0, 0.1) is 0 Å². The fraction of sp³-hybridized carbons (Fsp3) is 0.833. The Morgan fingerprint density at radius 2 is 1.64 bits per heavy atom. The molecule has 0 saturated heterocycles. The predicted octanol–water partition coefficient (Wildman–Crippen LogP) is -2.60. The minimum absolute atomic E-state index is 0.306. The molecule has 4 N–H and O–H groups in total. The second-order valence-electron chi connectivity index (χ2n) is 2.66. The summed E-state index contributed by atoms with van der Waals surface area (Å²) in [4.78, 5) is 10.7. The van der Waals surface area contributed by atoms with Crippen LogP contribution >= 0.6 is 0 Å². The molecule has 1 aliphatic rings. The quantitative estimate of drug-likeness (QED) is 0.313. The molecule has 0 aromatic rings. The maximum Gasteiger partial charge on any atom is 0.166 e. The van der Waals surface area contributed by atoms with Gasteiger partial charge in [-0.1, -0.05) is 0 Å². The third kappa shape index (κ3) is 1.41. The highest BCUT2D eigenvalue weighted by atomic mass is 16.4. The molecule has 0 bridgehead atoms. The van der Waals surface area contributed by atoms with Crippen LogP contribution in [0.25, 0.3) is 0 Å². The van der Waals surface area contributed by atoms with E-state index in [1.54, 1.807) is 0 Å². The van der Waals surface area contributed by atoms with Gasteiger partial charge in [0.05, 0.1) is 6.10 Å². The Bertz CT molecular complexity index is 168. The fourth-order valence-corrected chi connectivity index (χ4v) is 1.05. The fourth-order valence-electron chi connectivity index (χ4n) is 1.05. The van der Waals surface area contributed by atoms with Crippen molar-refractivity contribution in [2.75, 3.05) is 0 Å². The van der Waals surface area contributed by atoms with Crippen molar-refractivity contribution in [3.63, 3.8) is 0 Å². The zero-order chi connectivity index (χ0) is 8.59. The van der Waals surface area contributed by atoms with E-state index < -0.39 is 30.2 Å². The number of Topliss-reactive ketones (excluding diaryl/α,β-unsaturated/α-hetero) is 1. The number of carbonyl (C=O) groups excluding carboxylic acids is 1. The van der Waals surface area contributed by atoms with Gasteiger partial charge in [-0.05, 0) is 0 Å². The molecule has 5 nitrogen and oxygen atoms in total. The molecule has 0 aromatic heterocycles. The summed E-state index contributed by atoms with van der Waals surface area (Å²) in [7, 11) is 0. The molecule has 0 radical (unpaired) electrons. The van der Waals surface area contributed by atoms with E-state index in [0.29, 0.717) is 0 Å². The van der Waals surface area contributed by atoms with Gasteiger partial charge < -0.3 is 20.4 Å². The van der Waals surface area contributed by atoms with Gasteiger partial charge in [0.2, 0.25) is 0 Å². The lowest BCUT2D eigenvalue weighted by molar-refractivity contribution is -0.162. The van der Waals surface area contributed by atoms with E-state index in [-0.39, 0.29) is 6.42 Å². The zero-order valence-electron chi connectivity index (χ0n) is 5.71. The Kier molecular flexibility index (Phi) is 2.24. The van der Waals surface area contributed by atoms with Crippen molar-refractivity contribution in [1.82, 2.24) is 0 Å². The van der Waals surface area contributed by atoms with Gasteiger partial charge in [-0.25, -0.2) is 0 Å². The minimum Gasteiger partial charge on any atom is -0.390 e. The van der Waals surface area contributed by atoms with Crippen LogP contribution in [0.4, 0.5) is 0 Å². The second-order valence-corrected chi connectivity index (χ2v) is 2.66. The van der Waals surface area contributed by atoms with E-state index in [1.807, 2.05) is 0 Å². The second kappa shape index (κ2) is 2.86. The van der Waals surface area contributed by atoms with Crippen LogP contribution in [0.5, 0.6) is 0 Å². The molecule has 1 saturated carbocycles. The molecule has 0 heterocycles. The molecular weight excluding hydrogens is 152 g/mol. The van der Waals surface area contributed by atoms with Crippen LogP contribution in [0.2, 0.25) is 0 Å². The van der Waals surface area contributed by atoms with Gasteiger partial charge in [0.15, 0.2) is 5.78 Å². The van der Waals surface area contributed by atoms with Gasteiger partial charge >= 0.3 is 0 Å². The van der Waals surface area contributed by atoms with Crippen molar-refractivity contribution in [1.29, 1.82) is 0 Å². The van der Waals surface area contributed by atoms with Crippen molar-refractivity contribution < 1.29 is 25.2 Å². The highest BCUT2D eigenvalue weighted by Crippen LogP contribution is 2.16. The highest BCUT2D eigenvalue weighted by Gasteiger charge is 2.40. The normalized spacial score (nSPS) is 46.0. The maximum absolute atomic E-state index is 10.7. The predicted molar refractivity (Wildman–Crippen MR) is 33.7 cm³/mol. The van der Waals surface area contributed by atoms with Crippen LogP contribution in [-0.4, -0.2) is 50.6 Å². The summed E-state index contributed by atoms with van der Waals surface area (Å²) >= 11 is 0. The first-order valence-corrected chi connectivity index (χ1v) is 3.29. The summed E-state index contributed by atoms with van der Waals surface area (Å²) in [6, 6.07) is 0. The van der Waals surface area contributed by atoms with E-state index in [4.69, 9.17) is 20.4 Å².